The molecule has 0 aromatic rings. The van der Waals surface area contributed by atoms with E-state index < -0.39 is 0 Å². The van der Waals surface area contributed by atoms with Gasteiger partial charge in [0.15, 0.2) is 0 Å². The Morgan fingerprint density at radius 2 is 1.38 bits per heavy atom. The van der Waals surface area contributed by atoms with Crippen molar-refractivity contribution >= 4 is 0 Å². The Morgan fingerprint density at radius 1 is 0.769 bits per heavy atom. The summed E-state index contributed by atoms with van der Waals surface area (Å²) in [5.74, 6) is 0. The van der Waals surface area contributed by atoms with Crippen LogP contribution in [0.5, 0.6) is 0 Å². The van der Waals surface area contributed by atoms with E-state index in [-0.39, 0.29) is 0 Å². The molecule has 0 saturated heterocycles. The molecule has 0 spiro atoms. The summed E-state index contributed by atoms with van der Waals surface area (Å²) < 4.78 is 0. The van der Waals surface area contributed by atoms with E-state index in [0.717, 1.165) is 26.2 Å². The summed E-state index contributed by atoms with van der Waals surface area (Å²) in [7, 11) is 0. The predicted octanol–water partition coefficient (Wildman–Crippen LogP) is -1.86. The minimum absolute atomic E-state index is 0.655. The van der Waals surface area contributed by atoms with Gasteiger partial charge in [-0.15, -0.1) is 0 Å². The Hall–Kier alpha value is -0.780. The zero-order chi connectivity index (χ0) is 9.78. The normalized spacial score (nSPS) is 10.6. The third-order valence-electron chi connectivity index (χ3n) is 1.37. The van der Waals surface area contributed by atoms with Gasteiger partial charge in [-0.1, -0.05) is 0 Å². The number of rotatable bonds is 9. The molecule has 0 aliphatic rings. The smallest absolute Gasteiger partial charge is 0.0267 e. The first-order valence-corrected chi connectivity index (χ1v) is 4.64. The maximum absolute atomic E-state index is 5.31. The molecule has 0 amide bonds. The van der Waals surface area contributed by atoms with Gasteiger partial charge >= 0.3 is 0 Å². The fourth-order valence-corrected chi connectivity index (χ4v) is 0.755. The van der Waals surface area contributed by atoms with Crippen molar-refractivity contribution in [2.75, 3.05) is 39.3 Å². The van der Waals surface area contributed by atoms with E-state index in [1.807, 2.05) is 12.4 Å². The molecule has 0 unspecified atom stereocenters. The molecular weight excluding hydrogens is 166 g/mol. The summed E-state index contributed by atoms with van der Waals surface area (Å²) in [5.41, 5.74) is 10.6. The second-order valence-corrected chi connectivity index (χ2v) is 2.57. The Kier molecular flexibility index (Phi) is 10.5. The van der Waals surface area contributed by atoms with Gasteiger partial charge in [-0.05, 0) is 0 Å². The lowest BCUT2D eigenvalue weighted by Crippen LogP contribution is -2.29. The van der Waals surface area contributed by atoms with Crippen LogP contribution in [0.4, 0.5) is 0 Å². The van der Waals surface area contributed by atoms with Crippen LogP contribution in [-0.2, 0) is 0 Å². The molecule has 5 nitrogen and oxygen atoms in total. The Morgan fingerprint density at radius 3 is 2.00 bits per heavy atom. The van der Waals surface area contributed by atoms with Gasteiger partial charge in [-0.25, -0.2) is 0 Å². The van der Waals surface area contributed by atoms with E-state index in [1.165, 1.54) is 0 Å². The topological polar surface area (TPSA) is 88.1 Å². The highest BCUT2D eigenvalue weighted by Gasteiger charge is 1.81. The lowest BCUT2D eigenvalue weighted by atomic mass is 10.5. The Balaban J connectivity index is 2.93. The van der Waals surface area contributed by atoms with Gasteiger partial charge in [0, 0.05) is 51.7 Å². The minimum atomic E-state index is 0.655. The Labute approximate surface area is 79.9 Å². The molecule has 0 saturated carbocycles. The first-order valence-electron chi connectivity index (χ1n) is 4.64. The van der Waals surface area contributed by atoms with Gasteiger partial charge in [0.25, 0.3) is 0 Å². The first kappa shape index (κ1) is 12.2. The van der Waals surface area contributed by atoms with Crippen LogP contribution in [0, 0.1) is 0 Å². The number of hydrogen-bond acceptors (Lipinski definition) is 5. The highest BCUT2D eigenvalue weighted by molar-refractivity contribution is 4.77. The van der Waals surface area contributed by atoms with Crippen molar-refractivity contribution in [3.05, 3.63) is 12.4 Å². The quantitative estimate of drug-likeness (QED) is 0.273. The van der Waals surface area contributed by atoms with Gasteiger partial charge < -0.3 is 27.4 Å². The van der Waals surface area contributed by atoms with Crippen LogP contribution in [0.1, 0.15) is 0 Å². The van der Waals surface area contributed by atoms with E-state index in [2.05, 4.69) is 16.0 Å². The monoisotopic (exact) mass is 187 g/mol. The highest BCUT2D eigenvalue weighted by Crippen LogP contribution is 1.62. The van der Waals surface area contributed by atoms with Gasteiger partial charge in [0.1, 0.15) is 0 Å². The largest absolute Gasteiger partial charge is 0.388 e. The van der Waals surface area contributed by atoms with E-state index >= 15 is 0 Å². The lowest BCUT2D eigenvalue weighted by molar-refractivity contribution is 0.664. The van der Waals surface area contributed by atoms with Gasteiger partial charge in [-0.2, -0.15) is 0 Å². The molecule has 0 aliphatic heterocycles. The van der Waals surface area contributed by atoms with E-state index in [1.54, 1.807) is 0 Å². The maximum Gasteiger partial charge on any atom is 0.0267 e. The van der Waals surface area contributed by atoms with Crippen LogP contribution >= 0.6 is 0 Å². The zero-order valence-corrected chi connectivity index (χ0v) is 8.05. The highest BCUT2D eigenvalue weighted by atomic mass is 14.9. The molecule has 78 valence electrons. The fraction of sp³-hybridized carbons (Fsp3) is 0.750. The average molecular weight is 187 g/mol. The third-order valence-corrected chi connectivity index (χ3v) is 1.37. The summed E-state index contributed by atoms with van der Waals surface area (Å²) in [6.07, 6.45) is 3.73. The minimum Gasteiger partial charge on any atom is -0.388 e. The van der Waals surface area contributed by atoms with Crippen molar-refractivity contribution in [2.24, 2.45) is 11.5 Å². The van der Waals surface area contributed by atoms with Crippen LogP contribution in [0.25, 0.3) is 0 Å². The molecule has 5 heteroatoms. The van der Waals surface area contributed by atoms with Crippen molar-refractivity contribution in [3.8, 4) is 0 Å². The number of hydrogen-bond donors (Lipinski definition) is 5. The fourth-order valence-electron chi connectivity index (χ4n) is 0.755. The van der Waals surface area contributed by atoms with Crippen LogP contribution in [0.3, 0.4) is 0 Å². The SMILES string of the molecule is NCCN/C=C/NCCNCCN. The van der Waals surface area contributed by atoms with E-state index in [0.29, 0.717) is 13.1 Å². The van der Waals surface area contributed by atoms with Crippen molar-refractivity contribution < 1.29 is 0 Å². The summed E-state index contributed by atoms with van der Waals surface area (Å²) in [6, 6.07) is 0. The molecule has 0 heterocycles. The summed E-state index contributed by atoms with van der Waals surface area (Å²) >= 11 is 0. The molecule has 13 heavy (non-hydrogen) atoms. The van der Waals surface area contributed by atoms with Crippen molar-refractivity contribution in [1.82, 2.24) is 16.0 Å². The van der Waals surface area contributed by atoms with Crippen molar-refractivity contribution in [3.63, 3.8) is 0 Å². The van der Waals surface area contributed by atoms with Crippen LogP contribution in [0.15, 0.2) is 12.4 Å². The average Bonchev–Trinajstić information content (AvgIpc) is 2.16. The lowest BCUT2D eigenvalue weighted by Gasteiger charge is -2.02. The van der Waals surface area contributed by atoms with E-state index in [9.17, 15) is 0 Å². The molecule has 0 fully saturated rings. The number of nitrogens with two attached hydrogens (primary N) is 2. The van der Waals surface area contributed by atoms with Gasteiger partial charge in [0.05, 0.1) is 0 Å². The molecule has 0 bridgehead atoms. The number of nitrogens with one attached hydrogen (secondary N) is 3. The van der Waals surface area contributed by atoms with Crippen LogP contribution in [0.2, 0.25) is 0 Å². The zero-order valence-electron chi connectivity index (χ0n) is 8.05. The molecule has 7 N–H and O–H groups in total. The molecule has 0 rings (SSSR count). The molecular formula is C8H21N5. The molecule has 0 aliphatic carbocycles. The van der Waals surface area contributed by atoms with Crippen molar-refractivity contribution in [2.45, 2.75) is 0 Å². The maximum atomic E-state index is 5.31. The molecule has 0 atom stereocenters. The third kappa shape index (κ3) is 11.2. The van der Waals surface area contributed by atoms with Gasteiger partial charge in [-0.3, -0.25) is 0 Å². The second kappa shape index (κ2) is 11.2. The standard InChI is InChI=1S/C8H21N5/c9-1-3-11-5-7-13-8-6-12-4-2-10/h5,7,11-13H,1-4,6,8-10H2/b7-5+. The summed E-state index contributed by atoms with van der Waals surface area (Å²) in [6.45, 7) is 4.86. The van der Waals surface area contributed by atoms with Crippen LogP contribution in [-0.4, -0.2) is 39.3 Å². The van der Waals surface area contributed by atoms with Crippen molar-refractivity contribution in [1.29, 1.82) is 0 Å². The second-order valence-electron chi connectivity index (χ2n) is 2.57. The molecule has 0 aromatic carbocycles. The first-order chi connectivity index (χ1) is 6.41. The summed E-state index contributed by atoms with van der Waals surface area (Å²) in [4.78, 5) is 0. The molecule has 0 aromatic heterocycles. The van der Waals surface area contributed by atoms with E-state index in [4.69, 9.17) is 11.5 Å². The van der Waals surface area contributed by atoms with Gasteiger partial charge in [0.2, 0.25) is 0 Å². The summed E-state index contributed by atoms with van der Waals surface area (Å²) in [5, 5.41) is 9.32. The molecule has 0 radical (unpaired) electrons. The Bertz CT molecular complexity index is 115. The van der Waals surface area contributed by atoms with Crippen LogP contribution < -0.4 is 27.4 Å². The predicted molar refractivity (Wildman–Crippen MR) is 56.1 cm³/mol.